The van der Waals surface area contributed by atoms with Gasteiger partial charge in [0.15, 0.2) is 5.78 Å². The van der Waals surface area contributed by atoms with E-state index in [-0.39, 0.29) is 11.8 Å². The number of halogens is 1. The van der Waals surface area contributed by atoms with E-state index >= 15 is 0 Å². The van der Waals surface area contributed by atoms with E-state index in [2.05, 4.69) is 52.0 Å². The molecule has 0 saturated carbocycles. The van der Waals surface area contributed by atoms with Crippen molar-refractivity contribution in [2.24, 2.45) is 0 Å². The van der Waals surface area contributed by atoms with Crippen LogP contribution in [0.2, 0.25) is 0 Å². The van der Waals surface area contributed by atoms with Gasteiger partial charge in [-0.15, -0.1) is 0 Å². The van der Waals surface area contributed by atoms with Crippen molar-refractivity contribution in [3.8, 4) is 0 Å². The van der Waals surface area contributed by atoms with Crippen LogP contribution in [0.15, 0.2) is 53.0 Å². The molecule has 21 heavy (non-hydrogen) atoms. The molecule has 2 aromatic rings. The Labute approximate surface area is 134 Å². The number of nitrogens with zero attached hydrogens (tertiary/aromatic N) is 1. The Balaban J connectivity index is 2.06. The zero-order chi connectivity index (χ0) is 15.4. The van der Waals surface area contributed by atoms with Gasteiger partial charge in [-0.3, -0.25) is 9.69 Å². The molecular weight excluding hydrogens is 326 g/mol. The molecule has 0 heterocycles. The van der Waals surface area contributed by atoms with E-state index in [0.717, 1.165) is 16.6 Å². The van der Waals surface area contributed by atoms with Gasteiger partial charge in [-0.05, 0) is 38.6 Å². The van der Waals surface area contributed by atoms with Gasteiger partial charge >= 0.3 is 0 Å². The van der Waals surface area contributed by atoms with Crippen molar-refractivity contribution in [1.29, 1.82) is 0 Å². The molecule has 0 N–H and O–H groups in total. The van der Waals surface area contributed by atoms with Crippen LogP contribution in [-0.2, 0) is 6.54 Å². The Morgan fingerprint density at radius 2 is 1.86 bits per heavy atom. The van der Waals surface area contributed by atoms with E-state index in [0.29, 0.717) is 0 Å². The number of likely N-dealkylation sites (N-methyl/N-ethyl adjacent to an activating group) is 1. The van der Waals surface area contributed by atoms with Crippen LogP contribution in [0.4, 0.5) is 0 Å². The first kappa shape index (κ1) is 15.9. The number of hydrogen-bond donors (Lipinski definition) is 0. The number of Topliss-reactive ketones (excluding diaryl/α,β-unsaturated/α-hetero) is 1. The maximum Gasteiger partial charge on any atom is 0.179 e. The monoisotopic (exact) mass is 345 g/mol. The number of carbonyl (C=O) groups excluding carboxylic acids is 1. The van der Waals surface area contributed by atoms with Gasteiger partial charge in [-0.25, -0.2) is 0 Å². The average molecular weight is 346 g/mol. The second kappa shape index (κ2) is 7.01. The lowest BCUT2D eigenvalue weighted by molar-refractivity contribution is 0.0862. The summed E-state index contributed by atoms with van der Waals surface area (Å²) in [5.41, 5.74) is 3.22. The minimum Gasteiger partial charge on any atom is -0.292 e. The Bertz CT molecular complexity index is 621. The molecule has 3 heteroatoms. The maximum absolute atomic E-state index is 12.5. The summed E-state index contributed by atoms with van der Waals surface area (Å²) in [5.74, 6) is 0.151. The zero-order valence-electron chi connectivity index (χ0n) is 12.6. The van der Waals surface area contributed by atoms with Crippen molar-refractivity contribution in [1.82, 2.24) is 4.90 Å². The molecule has 1 atom stereocenters. The first-order chi connectivity index (χ1) is 9.97. The number of aryl methyl sites for hydroxylation is 1. The first-order valence-electron chi connectivity index (χ1n) is 7.03. The van der Waals surface area contributed by atoms with Gasteiger partial charge in [0.1, 0.15) is 0 Å². The molecule has 0 spiro atoms. The molecule has 0 aliphatic heterocycles. The molecule has 1 unspecified atom stereocenters. The Morgan fingerprint density at radius 3 is 2.48 bits per heavy atom. The number of hydrogen-bond acceptors (Lipinski definition) is 2. The Hall–Kier alpha value is -1.45. The van der Waals surface area contributed by atoms with Gasteiger partial charge in [0, 0.05) is 16.6 Å². The standard InChI is InChI=1S/C18H20BrNO/c1-13-5-4-6-15(11-13)12-20(3)14(2)18(21)16-7-9-17(19)10-8-16/h4-11,14H,12H2,1-3H3. The highest BCUT2D eigenvalue weighted by atomic mass is 79.9. The van der Waals surface area contributed by atoms with Gasteiger partial charge < -0.3 is 0 Å². The van der Waals surface area contributed by atoms with Crippen LogP contribution in [0.25, 0.3) is 0 Å². The highest BCUT2D eigenvalue weighted by Crippen LogP contribution is 2.15. The van der Waals surface area contributed by atoms with Crippen LogP contribution in [0.3, 0.4) is 0 Å². The van der Waals surface area contributed by atoms with E-state index < -0.39 is 0 Å². The van der Waals surface area contributed by atoms with E-state index in [1.165, 1.54) is 11.1 Å². The third-order valence-corrected chi connectivity index (χ3v) is 4.21. The molecule has 0 aromatic heterocycles. The predicted octanol–water partition coefficient (Wildman–Crippen LogP) is 4.46. The number of ketones is 1. The molecule has 2 rings (SSSR count). The summed E-state index contributed by atoms with van der Waals surface area (Å²) in [6, 6.07) is 15.8. The van der Waals surface area contributed by atoms with Gasteiger partial charge in [-0.2, -0.15) is 0 Å². The highest BCUT2D eigenvalue weighted by molar-refractivity contribution is 9.10. The van der Waals surface area contributed by atoms with Gasteiger partial charge in [-0.1, -0.05) is 57.9 Å². The van der Waals surface area contributed by atoms with Crippen LogP contribution in [-0.4, -0.2) is 23.8 Å². The largest absolute Gasteiger partial charge is 0.292 e. The van der Waals surface area contributed by atoms with E-state index in [1.807, 2.05) is 38.2 Å². The first-order valence-corrected chi connectivity index (χ1v) is 7.82. The third kappa shape index (κ3) is 4.26. The molecule has 0 aliphatic rings. The van der Waals surface area contributed by atoms with E-state index in [4.69, 9.17) is 0 Å². The number of carbonyl (C=O) groups is 1. The summed E-state index contributed by atoms with van der Waals surface area (Å²) in [6.07, 6.45) is 0. The van der Waals surface area contributed by atoms with E-state index in [1.54, 1.807) is 0 Å². The van der Waals surface area contributed by atoms with Crippen molar-refractivity contribution in [2.45, 2.75) is 26.4 Å². The Morgan fingerprint density at radius 1 is 1.19 bits per heavy atom. The van der Waals surface area contributed by atoms with Crippen LogP contribution in [0.5, 0.6) is 0 Å². The summed E-state index contributed by atoms with van der Waals surface area (Å²) in [6.45, 7) is 4.81. The smallest absolute Gasteiger partial charge is 0.179 e. The fourth-order valence-corrected chi connectivity index (χ4v) is 2.56. The van der Waals surface area contributed by atoms with Crippen LogP contribution >= 0.6 is 15.9 Å². The molecule has 2 aromatic carbocycles. The molecule has 110 valence electrons. The molecule has 2 nitrogen and oxygen atoms in total. The summed E-state index contributed by atoms with van der Waals surface area (Å²) in [7, 11) is 1.99. The summed E-state index contributed by atoms with van der Waals surface area (Å²) >= 11 is 3.39. The van der Waals surface area contributed by atoms with E-state index in [9.17, 15) is 4.79 Å². The maximum atomic E-state index is 12.5. The SMILES string of the molecule is Cc1cccc(CN(C)C(C)C(=O)c2ccc(Br)cc2)c1. The summed E-state index contributed by atoms with van der Waals surface area (Å²) in [4.78, 5) is 14.6. The molecule has 0 fully saturated rings. The topological polar surface area (TPSA) is 20.3 Å². The molecule has 0 radical (unpaired) electrons. The van der Waals surface area contributed by atoms with Crippen molar-refractivity contribution >= 4 is 21.7 Å². The van der Waals surface area contributed by atoms with Crippen LogP contribution in [0.1, 0.15) is 28.4 Å². The quantitative estimate of drug-likeness (QED) is 0.745. The molecule has 0 bridgehead atoms. The van der Waals surface area contributed by atoms with Gasteiger partial charge in [0.05, 0.1) is 6.04 Å². The zero-order valence-corrected chi connectivity index (χ0v) is 14.2. The minimum absolute atomic E-state index is 0.147. The van der Waals surface area contributed by atoms with Gasteiger partial charge in [0.25, 0.3) is 0 Å². The summed E-state index contributed by atoms with van der Waals surface area (Å²) in [5, 5.41) is 0. The average Bonchev–Trinajstić information content (AvgIpc) is 2.46. The lowest BCUT2D eigenvalue weighted by Gasteiger charge is -2.24. The molecule has 0 saturated heterocycles. The Kier molecular flexibility index (Phi) is 5.32. The van der Waals surface area contributed by atoms with Crippen molar-refractivity contribution in [2.75, 3.05) is 7.05 Å². The second-order valence-corrected chi connectivity index (χ2v) is 6.37. The minimum atomic E-state index is -0.147. The second-order valence-electron chi connectivity index (χ2n) is 5.45. The fourth-order valence-electron chi connectivity index (χ4n) is 2.29. The predicted molar refractivity (Wildman–Crippen MR) is 90.6 cm³/mol. The van der Waals surface area contributed by atoms with Crippen molar-refractivity contribution < 1.29 is 4.79 Å². The molecular formula is C18H20BrNO. The van der Waals surface area contributed by atoms with Crippen molar-refractivity contribution in [3.05, 3.63) is 69.7 Å². The lowest BCUT2D eigenvalue weighted by Crippen LogP contribution is -2.35. The highest BCUT2D eigenvalue weighted by Gasteiger charge is 2.19. The summed E-state index contributed by atoms with van der Waals surface area (Å²) < 4.78 is 0.986. The normalized spacial score (nSPS) is 12.4. The number of rotatable bonds is 5. The van der Waals surface area contributed by atoms with Crippen LogP contribution < -0.4 is 0 Å². The molecule has 0 amide bonds. The van der Waals surface area contributed by atoms with Crippen molar-refractivity contribution in [3.63, 3.8) is 0 Å². The van der Waals surface area contributed by atoms with Gasteiger partial charge in [0.2, 0.25) is 0 Å². The fraction of sp³-hybridized carbons (Fsp3) is 0.278. The third-order valence-electron chi connectivity index (χ3n) is 3.68. The van der Waals surface area contributed by atoms with Crippen LogP contribution in [0, 0.1) is 6.92 Å². The molecule has 0 aliphatic carbocycles. The number of benzene rings is 2. The lowest BCUT2D eigenvalue weighted by atomic mass is 10.0.